The number of thioether (sulfide) groups is 1. The van der Waals surface area contributed by atoms with Gasteiger partial charge in [-0.3, -0.25) is 14.9 Å². The van der Waals surface area contributed by atoms with E-state index < -0.39 is 0 Å². The number of nitrogens with zero attached hydrogens (tertiary/aromatic N) is 5. The van der Waals surface area contributed by atoms with Gasteiger partial charge in [0, 0.05) is 49.8 Å². The lowest BCUT2D eigenvalue weighted by molar-refractivity contribution is -0.128. The molecule has 0 aliphatic carbocycles. The number of hydrogen-bond acceptors (Lipinski definition) is 6. The second-order valence-electron chi connectivity index (χ2n) is 7.08. The number of pyridine rings is 1. The Morgan fingerprint density at radius 3 is 2.62 bits per heavy atom. The molecule has 1 N–H and O–H groups in total. The van der Waals surface area contributed by atoms with Gasteiger partial charge in [-0.15, -0.1) is 5.10 Å². The third kappa shape index (κ3) is 4.42. The number of aryl methyl sites for hydroxylation is 1. The van der Waals surface area contributed by atoms with Gasteiger partial charge in [-0.2, -0.15) is 0 Å². The van der Waals surface area contributed by atoms with Gasteiger partial charge in [0.1, 0.15) is 0 Å². The average molecular weight is 409 g/mol. The van der Waals surface area contributed by atoms with Crippen LogP contribution >= 0.6 is 11.8 Å². The van der Waals surface area contributed by atoms with E-state index in [0.717, 1.165) is 31.7 Å². The number of amides is 1. The highest BCUT2D eigenvalue weighted by atomic mass is 32.2. The molecule has 7 nitrogen and oxygen atoms in total. The Hall–Kier alpha value is -2.87. The predicted octanol–water partition coefficient (Wildman–Crippen LogP) is 2.92. The van der Waals surface area contributed by atoms with Gasteiger partial charge in [0.2, 0.25) is 11.1 Å². The van der Waals surface area contributed by atoms with E-state index in [1.54, 1.807) is 12.4 Å². The minimum absolute atomic E-state index is 0.130. The van der Waals surface area contributed by atoms with Crippen LogP contribution in [0.2, 0.25) is 0 Å². The topological polar surface area (TPSA) is 78.0 Å². The molecule has 1 aliphatic rings. The summed E-state index contributed by atoms with van der Waals surface area (Å²) in [5, 5.41) is 7.71. The van der Waals surface area contributed by atoms with Gasteiger partial charge in [-0.25, -0.2) is 4.98 Å². The molecular weight excluding hydrogens is 384 g/mol. The van der Waals surface area contributed by atoms with Crippen molar-refractivity contribution >= 4 is 23.4 Å². The molecular formula is C21H24N6OS. The van der Waals surface area contributed by atoms with Crippen molar-refractivity contribution in [2.75, 3.05) is 36.8 Å². The summed E-state index contributed by atoms with van der Waals surface area (Å²) in [6.07, 6.45) is 3.43. The number of carbonyl (C=O) groups is 1. The van der Waals surface area contributed by atoms with Crippen molar-refractivity contribution in [2.45, 2.75) is 19.0 Å². The monoisotopic (exact) mass is 408 g/mol. The highest BCUT2D eigenvalue weighted by Gasteiger charge is 2.22. The van der Waals surface area contributed by atoms with Crippen LogP contribution in [0, 0.1) is 13.8 Å². The van der Waals surface area contributed by atoms with Crippen molar-refractivity contribution in [1.82, 2.24) is 25.1 Å². The van der Waals surface area contributed by atoms with Gasteiger partial charge >= 0.3 is 0 Å². The van der Waals surface area contributed by atoms with E-state index in [9.17, 15) is 4.79 Å². The van der Waals surface area contributed by atoms with E-state index in [4.69, 9.17) is 0 Å². The first-order valence-corrected chi connectivity index (χ1v) is 10.6. The first-order chi connectivity index (χ1) is 14.1. The van der Waals surface area contributed by atoms with Gasteiger partial charge in [0.05, 0.1) is 5.75 Å². The Bertz CT molecular complexity index is 982. The molecule has 0 radical (unpaired) electrons. The quantitative estimate of drug-likeness (QED) is 0.654. The summed E-state index contributed by atoms with van der Waals surface area (Å²) in [7, 11) is 0. The van der Waals surface area contributed by atoms with Crippen molar-refractivity contribution in [3.05, 3.63) is 53.9 Å². The lowest BCUT2D eigenvalue weighted by atomic mass is 10.1. The Labute approximate surface area is 174 Å². The maximum atomic E-state index is 12.6. The third-order valence-corrected chi connectivity index (χ3v) is 6.12. The maximum Gasteiger partial charge on any atom is 0.233 e. The summed E-state index contributed by atoms with van der Waals surface area (Å²) in [5.41, 5.74) is 4.82. The number of piperazine rings is 1. The van der Waals surface area contributed by atoms with Crippen LogP contribution in [0.1, 0.15) is 11.1 Å². The first kappa shape index (κ1) is 19.4. The smallest absolute Gasteiger partial charge is 0.233 e. The largest absolute Gasteiger partial charge is 0.368 e. The molecule has 0 saturated carbocycles. The third-order valence-electron chi connectivity index (χ3n) is 5.29. The molecule has 8 heteroatoms. The number of aromatic amines is 1. The second-order valence-corrected chi connectivity index (χ2v) is 8.02. The van der Waals surface area contributed by atoms with Gasteiger partial charge < -0.3 is 9.80 Å². The standard InChI is InChI=1S/C21H24N6OS/c1-15-4-3-5-18(16(15)2)26-10-12-27(13-11-26)19(28)14-29-21-23-20(24-25-21)17-6-8-22-9-7-17/h3-9H,10-14H2,1-2H3,(H,23,24,25). The van der Waals surface area contributed by atoms with Crippen molar-refractivity contribution in [3.8, 4) is 11.4 Å². The van der Waals surface area contributed by atoms with Crippen LogP contribution in [0.15, 0.2) is 47.9 Å². The van der Waals surface area contributed by atoms with Gasteiger partial charge in [0.25, 0.3) is 0 Å². The van der Waals surface area contributed by atoms with Crippen LogP contribution in [0.5, 0.6) is 0 Å². The van der Waals surface area contributed by atoms with Crippen LogP contribution in [0.25, 0.3) is 11.4 Å². The van der Waals surface area contributed by atoms with E-state index in [1.165, 1.54) is 28.6 Å². The first-order valence-electron chi connectivity index (χ1n) is 9.66. The fourth-order valence-electron chi connectivity index (χ4n) is 3.44. The lowest BCUT2D eigenvalue weighted by Crippen LogP contribution is -2.49. The number of carbonyl (C=O) groups excluding carboxylic acids is 1. The zero-order valence-corrected chi connectivity index (χ0v) is 17.4. The maximum absolute atomic E-state index is 12.6. The lowest BCUT2D eigenvalue weighted by Gasteiger charge is -2.37. The summed E-state index contributed by atoms with van der Waals surface area (Å²) in [4.78, 5) is 25.4. The molecule has 1 amide bonds. The van der Waals surface area contributed by atoms with Crippen LogP contribution in [0.3, 0.4) is 0 Å². The minimum atomic E-state index is 0.130. The Morgan fingerprint density at radius 2 is 1.86 bits per heavy atom. The van der Waals surface area contributed by atoms with Gasteiger partial charge in [-0.1, -0.05) is 23.9 Å². The highest BCUT2D eigenvalue weighted by molar-refractivity contribution is 7.99. The second kappa shape index (κ2) is 8.65. The number of hydrogen-bond donors (Lipinski definition) is 1. The molecule has 1 saturated heterocycles. The fraction of sp³-hybridized carbons (Fsp3) is 0.333. The number of rotatable bonds is 5. The predicted molar refractivity (Wildman–Crippen MR) is 115 cm³/mol. The van der Waals surface area contributed by atoms with Crippen molar-refractivity contribution in [1.29, 1.82) is 0 Å². The fourth-order valence-corrected chi connectivity index (χ4v) is 4.14. The van der Waals surface area contributed by atoms with Gasteiger partial charge in [-0.05, 0) is 43.2 Å². The molecule has 150 valence electrons. The molecule has 0 atom stereocenters. The molecule has 3 aromatic rings. The van der Waals surface area contributed by atoms with E-state index in [2.05, 4.69) is 57.1 Å². The molecule has 4 rings (SSSR count). The molecule has 1 fully saturated rings. The molecule has 0 unspecified atom stereocenters. The summed E-state index contributed by atoms with van der Waals surface area (Å²) < 4.78 is 0. The van der Waals surface area contributed by atoms with Crippen LogP contribution in [-0.4, -0.2) is 62.9 Å². The van der Waals surface area contributed by atoms with Crippen molar-refractivity contribution in [2.24, 2.45) is 0 Å². The summed E-state index contributed by atoms with van der Waals surface area (Å²) >= 11 is 1.37. The van der Waals surface area contributed by atoms with E-state index in [1.807, 2.05) is 17.0 Å². The molecule has 1 aliphatic heterocycles. The Kier molecular flexibility index (Phi) is 5.80. The molecule has 0 spiro atoms. The van der Waals surface area contributed by atoms with Crippen LogP contribution in [0.4, 0.5) is 5.69 Å². The van der Waals surface area contributed by atoms with Crippen molar-refractivity contribution < 1.29 is 4.79 Å². The normalized spacial score (nSPS) is 14.3. The molecule has 2 aromatic heterocycles. The van der Waals surface area contributed by atoms with Crippen LogP contribution in [-0.2, 0) is 4.79 Å². The minimum Gasteiger partial charge on any atom is -0.368 e. The molecule has 0 bridgehead atoms. The number of anilines is 1. The van der Waals surface area contributed by atoms with Gasteiger partial charge in [0.15, 0.2) is 5.82 Å². The number of aromatic nitrogens is 4. The SMILES string of the molecule is Cc1cccc(N2CCN(C(=O)CSc3n[nH]c(-c4ccncc4)n3)CC2)c1C. The van der Waals surface area contributed by atoms with E-state index >= 15 is 0 Å². The Morgan fingerprint density at radius 1 is 1.10 bits per heavy atom. The summed E-state index contributed by atoms with van der Waals surface area (Å²) in [5.74, 6) is 1.16. The van der Waals surface area contributed by atoms with Crippen LogP contribution < -0.4 is 4.90 Å². The highest BCUT2D eigenvalue weighted by Crippen LogP contribution is 2.24. The zero-order chi connectivity index (χ0) is 20.2. The number of nitrogens with one attached hydrogen (secondary N) is 1. The zero-order valence-electron chi connectivity index (χ0n) is 16.6. The summed E-state index contributed by atoms with van der Waals surface area (Å²) in [6, 6.07) is 10.1. The number of benzene rings is 1. The Balaban J connectivity index is 1.29. The van der Waals surface area contributed by atoms with Crippen molar-refractivity contribution in [3.63, 3.8) is 0 Å². The number of H-pyrrole nitrogens is 1. The van der Waals surface area contributed by atoms with E-state index in [-0.39, 0.29) is 5.91 Å². The average Bonchev–Trinajstić information content (AvgIpc) is 3.24. The molecule has 1 aromatic carbocycles. The molecule has 3 heterocycles. The molecule has 29 heavy (non-hydrogen) atoms. The van der Waals surface area contributed by atoms with E-state index in [0.29, 0.717) is 16.7 Å². The summed E-state index contributed by atoms with van der Waals surface area (Å²) in [6.45, 7) is 7.49.